The van der Waals surface area contributed by atoms with Crippen LogP contribution in [0.4, 0.5) is 19.0 Å². The number of hydrogen-bond acceptors (Lipinski definition) is 3. The van der Waals surface area contributed by atoms with E-state index in [1.54, 1.807) is 0 Å². The number of nitrogens with zero attached hydrogens (tertiary/aromatic N) is 3. The van der Waals surface area contributed by atoms with E-state index in [9.17, 15) is 18.0 Å². The van der Waals surface area contributed by atoms with E-state index >= 15 is 0 Å². The summed E-state index contributed by atoms with van der Waals surface area (Å²) in [7, 11) is 0. The molecule has 1 atom stereocenters. The molecule has 0 saturated carbocycles. The number of halogens is 3. The lowest BCUT2D eigenvalue weighted by atomic mass is 10.0. The van der Waals surface area contributed by atoms with E-state index in [2.05, 4.69) is 5.10 Å². The van der Waals surface area contributed by atoms with E-state index in [4.69, 9.17) is 5.11 Å². The molecule has 3 rings (SSSR count). The Bertz CT molecular complexity index is 727. The Morgan fingerprint density at radius 3 is 2.50 bits per heavy atom. The molecule has 8 heteroatoms. The number of rotatable bonds is 3. The molecule has 116 valence electrons. The summed E-state index contributed by atoms with van der Waals surface area (Å²) in [6, 6.07) is 5.35. The number of anilines is 1. The molecule has 22 heavy (non-hydrogen) atoms. The van der Waals surface area contributed by atoms with Crippen molar-refractivity contribution in [2.24, 2.45) is 0 Å². The second kappa shape index (κ2) is 4.75. The van der Waals surface area contributed by atoms with E-state index in [0.29, 0.717) is 5.69 Å². The number of aromatic nitrogens is 2. The van der Waals surface area contributed by atoms with Gasteiger partial charge in [0, 0.05) is 6.07 Å². The smallest absolute Gasteiger partial charge is 0.356 e. The van der Waals surface area contributed by atoms with Crippen LogP contribution in [-0.2, 0) is 0 Å². The molecule has 1 N–H and O–H groups in total. The fourth-order valence-electron chi connectivity index (χ4n) is 2.34. The van der Waals surface area contributed by atoms with Crippen molar-refractivity contribution in [2.75, 3.05) is 11.4 Å². The Hall–Kier alpha value is -2.51. The average Bonchev–Trinajstić information content (AvgIpc) is 2.90. The van der Waals surface area contributed by atoms with E-state index in [-0.39, 0.29) is 11.5 Å². The third kappa shape index (κ3) is 2.20. The molecule has 1 aromatic carbocycles. The molecule has 1 saturated heterocycles. The van der Waals surface area contributed by atoms with Crippen LogP contribution in [0.15, 0.2) is 30.3 Å². The van der Waals surface area contributed by atoms with Crippen molar-refractivity contribution in [3.63, 3.8) is 0 Å². The maximum absolute atomic E-state index is 13.4. The van der Waals surface area contributed by atoms with Gasteiger partial charge >= 0.3 is 5.97 Å². The highest BCUT2D eigenvalue weighted by molar-refractivity contribution is 5.86. The highest BCUT2D eigenvalue weighted by Crippen LogP contribution is 2.39. The molecule has 1 aromatic heterocycles. The SMILES string of the molecule is C[C@H]1N(c2cc(C(=O)O)nn2-c2ccc(F)cc2)CC1(F)F. The maximum atomic E-state index is 13.4. The second-order valence-corrected chi connectivity index (χ2v) is 5.15. The summed E-state index contributed by atoms with van der Waals surface area (Å²) in [6.45, 7) is 0.839. The summed E-state index contributed by atoms with van der Waals surface area (Å²) in [5.41, 5.74) is 0.132. The van der Waals surface area contributed by atoms with Gasteiger partial charge in [0.05, 0.1) is 18.3 Å². The molecule has 2 heterocycles. The summed E-state index contributed by atoms with van der Waals surface area (Å²) in [5.74, 6) is -4.31. The van der Waals surface area contributed by atoms with Crippen LogP contribution in [0.1, 0.15) is 17.4 Å². The zero-order valence-corrected chi connectivity index (χ0v) is 11.5. The standard InChI is InChI=1S/C14H12F3N3O2/c1-8-14(16,17)7-19(8)12-6-11(13(21)22)18-20(12)10-4-2-9(15)3-5-10/h2-6,8H,7H2,1H3,(H,21,22)/t8-/m1/s1. The van der Waals surface area contributed by atoms with Gasteiger partial charge in [-0.15, -0.1) is 0 Å². The van der Waals surface area contributed by atoms with E-state index in [1.807, 2.05) is 0 Å². The Balaban J connectivity index is 2.05. The Morgan fingerprint density at radius 2 is 2.00 bits per heavy atom. The molecule has 0 unspecified atom stereocenters. The number of carboxylic acid groups (broad SMARTS) is 1. The number of carbonyl (C=O) groups is 1. The largest absolute Gasteiger partial charge is 0.476 e. The van der Waals surface area contributed by atoms with Crippen molar-refractivity contribution < 1.29 is 23.1 Å². The summed E-state index contributed by atoms with van der Waals surface area (Å²) in [5, 5.41) is 13.0. The third-order valence-electron chi connectivity index (χ3n) is 3.74. The molecule has 0 spiro atoms. The van der Waals surface area contributed by atoms with Crippen molar-refractivity contribution >= 4 is 11.8 Å². The molecular formula is C14H12F3N3O2. The van der Waals surface area contributed by atoms with Crippen molar-refractivity contribution in [3.05, 3.63) is 41.8 Å². The molecular weight excluding hydrogens is 299 g/mol. The Kier molecular flexibility index (Phi) is 3.12. The Morgan fingerprint density at radius 1 is 1.36 bits per heavy atom. The molecule has 0 aliphatic carbocycles. The number of alkyl halides is 2. The first-order valence-corrected chi connectivity index (χ1v) is 6.53. The highest BCUT2D eigenvalue weighted by Gasteiger charge is 2.53. The lowest BCUT2D eigenvalue weighted by molar-refractivity contribution is -0.0645. The minimum Gasteiger partial charge on any atom is -0.476 e. The van der Waals surface area contributed by atoms with E-state index in [0.717, 1.165) is 0 Å². The summed E-state index contributed by atoms with van der Waals surface area (Å²) >= 11 is 0. The molecule has 1 aliphatic heterocycles. The first-order valence-electron chi connectivity index (χ1n) is 6.53. The zero-order chi connectivity index (χ0) is 16.1. The topological polar surface area (TPSA) is 58.4 Å². The maximum Gasteiger partial charge on any atom is 0.356 e. The van der Waals surface area contributed by atoms with Gasteiger partial charge in [-0.1, -0.05) is 0 Å². The monoisotopic (exact) mass is 311 g/mol. The molecule has 0 amide bonds. The van der Waals surface area contributed by atoms with Crippen LogP contribution in [0.25, 0.3) is 5.69 Å². The quantitative estimate of drug-likeness (QED) is 0.946. The predicted octanol–water partition coefficient (Wildman–Crippen LogP) is 2.55. The van der Waals surface area contributed by atoms with Crippen molar-refractivity contribution in [1.82, 2.24) is 9.78 Å². The van der Waals surface area contributed by atoms with Gasteiger partial charge in [0.1, 0.15) is 11.6 Å². The fourth-order valence-corrected chi connectivity index (χ4v) is 2.34. The van der Waals surface area contributed by atoms with Crippen LogP contribution in [0.5, 0.6) is 0 Å². The normalized spacial score (nSPS) is 19.8. The number of benzene rings is 1. The van der Waals surface area contributed by atoms with Crippen LogP contribution < -0.4 is 4.90 Å². The van der Waals surface area contributed by atoms with Gasteiger partial charge in [-0.3, -0.25) is 0 Å². The molecule has 1 fully saturated rings. The van der Waals surface area contributed by atoms with Gasteiger partial charge in [-0.25, -0.2) is 22.6 Å². The zero-order valence-electron chi connectivity index (χ0n) is 11.5. The van der Waals surface area contributed by atoms with Gasteiger partial charge in [-0.2, -0.15) is 5.10 Å². The van der Waals surface area contributed by atoms with Crippen LogP contribution in [0.2, 0.25) is 0 Å². The number of aromatic carboxylic acids is 1. The first-order chi connectivity index (χ1) is 10.3. The first kappa shape index (κ1) is 14.4. The summed E-state index contributed by atoms with van der Waals surface area (Å²) in [6.07, 6.45) is 0. The average molecular weight is 311 g/mol. The molecule has 0 bridgehead atoms. The highest BCUT2D eigenvalue weighted by atomic mass is 19.3. The van der Waals surface area contributed by atoms with Gasteiger partial charge in [0.2, 0.25) is 0 Å². The van der Waals surface area contributed by atoms with Crippen molar-refractivity contribution in [2.45, 2.75) is 18.9 Å². The van der Waals surface area contributed by atoms with Gasteiger partial charge in [0.15, 0.2) is 5.69 Å². The Labute approximate surface area is 123 Å². The lowest BCUT2D eigenvalue weighted by Crippen LogP contribution is -2.64. The van der Waals surface area contributed by atoms with Gasteiger partial charge in [-0.05, 0) is 31.2 Å². The predicted molar refractivity (Wildman–Crippen MR) is 72.2 cm³/mol. The van der Waals surface area contributed by atoms with E-state index in [1.165, 1.54) is 46.8 Å². The van der Waals surface area contributed by atoms with Crippen LogP contribution in [-0.4, -0.2) is 39.4 Å². The van der Waals surface area contributed by atoms with Crippen molar-refractivity contribution in [1.29, 1.82) is 0 Å². The number of hydrogen-bond donors (Lipinski definition) is 1. The lowest BCUT2D eigenvalue weighted by Gasteiger charge is -2.46. The van der Waals surface area contributed by atoms with Crippen LogP contribution in [0.3, 0.4) is 0 Å². The minimum absolute atomic E-state index is 0.238. The summed E-state index contributed by atoms with van der Waals surface area (Å²) < 4.78 is 41.0. The molecule has 1 aliphatic rings. The van der Waals surface area contributed by atoms with Crippen molar-refractivity contribution in [3.8, 4) is 5.69 Å². The summed E-state index contributed by atoms with van der Waals surface area (Å²) in [4.78, 5) is 12.5. The molecule has 0 radical (unpaired) electrons. The molecule has 5 nitrogen and oxygen atoms in total. The van der Waals surface area contributed by atoms with Crippen LogP contribution >= 0.6 is 0 Å². The minimum atomic E-state index is -2.83. The second-order valence-electron chi connectivity index (χ2n) is 5.15. The van der Waals surface area contributed by atoms with Gasteiger partial charge in [0.25, 0.3) is 5.92 Å². The van der Waals surface area contributed by atoms with Crippen LogP contribution in [0, 0.1) is 5.82 Å². The number of carboxylic acids is 1. The third-order valence-corrected chi connectivity index (χ3v) is 3.74. The van der Waals surface area contributed by atoms with E-state index < -0.39 is 30.3 Å². The fraction of sp³-hybridized carbons (Fsp3) is 0.286. The molecule has 2 aromatic rings. The van der Waals surface area contributed by atoms with Gasteiger partial charge < -0.3 is 10.0 Å².